The van der Waals surface area contributed by atoms with E-state index in [4.69, 9.17) is 0 Å². The van der Waals surface area contributed by atoms with Gasteiger partial charge in [-0.3, -0.25) is 9.78 Å². The molecule has 0 spiro atoms. The second-order valence-corrected chi connectivity index (χ2v) is 4.19. The number of aromatic hydroxyl groups is 2. The van der Waals surface area contributed by atoms with Crippen molar-refractivity contribution in [2.45, 2.75) is 13.5 Å². The minimum absolute atomic E-state index is 0.249. The summed E-state index contributed by atoms with van der Waals surface area (Å²) in [4.78, 5) is 15.9. The lowest BCUT2D eigenvalue weighted by molar-refractivity contribution is 0.0950. The first kappa shape index (κ1) is 12.9. The Morgan fingerprint density at radius 1 is 1.26 bits per heavy atom. The molecule has 1 heterocycles. The van der Waals surface area contributed by atoms with Gasteiger partial charge < -0.3 is 15.5 Å². The van der Waals surface area contributed by atoms with Crippen molar-refractivity contribution in [3.8, 4) is 11.5 Å². The van der Waals surface area contributed by atoms with E-state index in [2.05, 4.69) is 10.3 Å². The highest BCUT2D eigenvalue weighted by Gasteiger charge is 2.09. The standard InChI is InChI=1S/C14H14N2O3/c1-9-7-15-5-4-11(9)8-16-14(19)10-2-3-12(17)13(18)6-10/h2-7,17-18H,8H2,1H3,(H,16,19). The topological polar surface area (TPSA) is 82.5 Å². The van der Waals surface area contributed by atoms with Crippen molar-refractivity contribution in [1.82, 2.24) is 10.3 Å². The van der Waals surface area contributed by atoms with Crippen molar-refractivity contribution < 1.29 is 15.0 Å². The molecule has 0 fully saturated rings. The van der Waals surface area contributed by atoms with Gasteiger partial charge in [0.15, 0.2) is 11.5 Å². The number of hydrogen-bond donors (Lipinski definition) is 3. The minimum atomic E-state index is -0.313. The highest BCUT2D eigenvalue weighted by atomic mass is 16.3. The molecule has 98 valence electrons. The number of phenolic OH excluding ortho intramolecular Hbond substituents is 2. The molecule has 0 bridgehead atoms. The van der Waals surface area contributed by atoms with Gasteiger partial charge in [0.05, 0.1) is 0 Å². The molecule has 0 aliphatic carbocycles. The number of pyridine rings is 1. The number of nitrogens with one attached hydrogen (secondary N) is 1. The van der Waals surface area contributed by atoms with Crippen LogP contribution in [0.5, 0.6) is 11.5 Å². The molecule has 0 aliphatic rings. The molecule has 3 N–H and O–H groups in total. The molecule has 1 amide bonds. The molecule has 0 saturated heterocycles. The summed E-state index contributed by atoms with van der Waals surface area (Å²) in [7, 11) is 0. The van der Waals surface area contributed by atoms with Gasteiger partial charge in [-0.1, -0.05) is 0 Å². The number of nitrogens with zero attached hydrogens (tertiary/aromatic N) is 1. The normalized spacial score (nSPS) is 10.2. The summed E-state index contributed by atoms with van der Waals surface area (Å²) in [6, 6.07) is 5.79. The monoisotopic (exact) mass is 258 g/mol. The largest absolute Gasteiger partial charge is 0.504 e. The second kappa shape index (κ2) is 5.39. The van der Waals surface area contributed by atoms with Gasteiger partial charge in [-0.25, -0.2) is 0 Å². The van der Waals surface area contributed by atoms with Crippen LogP contribution in [0.1, 0.15) is 21.5 Å². The Bertz CT molecular complexity index is 611. The Balaban J connectivity index is 2.05. The fraction of sp³-hybridized carbons (Fsp3) is 0.143. The summed E-state index contributed by atoms with van der Waals surface area (Å²) < 4.78 is 0. The van der Waals surface area contributed by atoms with Crippen LogP contribution in [-0.2, 0) is 6.54 Å². The summed E-state index contributed by atoms with van der Waals surface area (Å²) in [5.74, 6) is -0.874. The number of aromatic nitrogens is 1. The average Bonchev–Trinajstić information content (AvgIpc) is 2.40. The Hall–Kier alpha value is -2.56. The highest BCUT2D eigenvalue weighted by molar-refractivity contribution is 5.94. The average molecular weight is 258 g/mol. The van der Waals surface area contributed by atoms with E-state index in [0.29, 0.717) is 12.1 Å². The van der Waals surface area contributed by atoms with Crippen LogP contribution in [0.4, 0.5) is 0 Å². The summed E-state index contributed by atoms with van der Waals surface area (Å²) in [5, 5.41) is 21.3. The van der Waals surface area contributed by atoms with Crippen LogP contribution < -0.4 is 5.32 Å². The number of phenols is 2. The van der Waals surface area contributed by atoms with E-state index >= 15 is 0 Å². The van der Waals surface area contributed by atoms with Crippen LogP contribution in [0.25, 0.3) is 0 Å². The van der Waals surface area contributed by atoms with Gasteiger partial charge in [0, 0.05) is 24.5 Å². The SMILES string of the molecule is Cc1cnccc1CNC(=O)c1ccc(O)c(O)c1. The molecule has 1 aromatic heterocycles. The van der Waals surface area contributed by atoms with Gasteiger partial charge in [-0.15, -0.1) is 0 Å². The summed E-state index contributed by atoms with van der Waals surface area (Å²) in [5.41, 5.74) is 2.27. The fourth-order valence-electron chi connectivity index (χ4n) is 1.64. The molecule has 2 aromatic rings. The molecule has 19 heavy (non-hydrogen) atoms. The molecule has 0 saturated carbocycles. The fourth-order valence-corrected chi connectivity index (χ4v) is 1.64. The number of benzene rings is 1. The Morgan fingerprint density at radius 3 is 2.74 bits per heavy atom. The highest BCUT2D eigenvalue weighted by Crippen LogP contribution is 2.24. The summed E-state index contributed by atoms with van der Waals surface area (Å²) in [6.45, 7) is 2.30. The van der Waals surface area contributed by atoms with E-state index in [9.17, 15) is 15.0 Å². The molecule has 5 nitrogen and oxygen atoms in total. The van der Waals surface area contributed by atoms with Crippen molar-refractivity contribution in [2.24, 2.45) is 0 Å². The lowest BCUT2D eigenvalue weighted by Crippen LogP contribution is -2.23. The Kier molecular flexibility index (Phi) is 3.66. The van der Waals surface area contributed by atoms with Crippen LogP contribution in [0, 0.1) is 6.92 Å². The van der Waals surface area contributed by atoms with Crippen LogP contribution in [-0.4, -0.2) is 21.1 Å². The van der Waals surface area contributed by atoms with Gasteiger partial charge >= 0.3 is 0 Å². The van der Waals surface area contributed by atoms with Gasteiger partial charge in [0.2, 0.25) is 0 Å². The van der Waals surface area contributed by atoms with Crippen molar-refractivity contribution in [1.29, 1.82) is 0 Å². The summed E-state index contributed by atoms with van der Waals surface area (Å²) >= 11 is 0. The zero-order valence-electron chi connectivity index (χ0n) is 10.4. The number of carbonyl (C=O) groups excluding carboxylic acids is 1. The van der Waals surface area contributed by atoms with Gasteiger partial charge in [0.1, 0.15) is 0 Å². The van der Waals surface area contributed by atoms with E-state index in [1.54, 1.807) is 12.4 Å². The van der Waals surface area contributed by atoms with Gasteiger partial charge in [0.25, 0.3) is 5.91 Å². The molecular formula is C14H14N2O3. The van der Waals surface area contributed by atoms with Crippen LogP contribution in [0.2, 0.25) is 0 Å². The van der Waals surface area contributed by atoms with Crippen molar-refractivity contribution in [3.05, 3.63) is 53.3 Å². The first-order chi connectivity index (χ1) is 9.08. The first-order valence-electron chi connectivity index (χ1n) is 5.77. The summed E-state index contributed by atoms with van der Waals surface area (Å²) in [6.07, 6.45) is 3.40. The number of rotatable bonds is 3. The maximum absolute atomic E-state index is 11.9. The lowest BCUT2D eigenvalue weighted by atomic mass is 10.1. The van der Waals surface area contributed by atoms with Crippen molar-refractivity contribution in [2.75, 3.05) is 0 Å². The van der Waals surface area contributed by atoms with Crippen LogP contribution in [0.3, 0.4) is 0 Å². The van der Waals surface area contributed by atoms with Crippen LogP contribution >= 0.6 is 0 Å². The molecule has 5 heteroatoms. The molecule has 0 aliphatic heterocycles. The van der Waals surface area contributed by atoms with Gasteiger partial charge in [-0.05, 0) is 42.3 Å². The second-order valence-electron chi connectivity index (χ2n) is 4.19. The quantitative estimate of drug-likeness (QED) is 0.732. The maximum Gasteiger partial charge on any atom is 0.251 e. The maximum atomic E-state index is 11.9. The smallest absolute Gasteiger partial charge is 0.251 e. The number of aryl methyl sites for hydroxylation is 1. The number of carbonyl (C=O) groups is 1. The Morgan fingerprint density at radius 2 is 2.05 bits per heavy atom. The van der Waals surface area contributed by atoms with E-state index in [1.165, 1.54) is 18.2 Å². The van der Waals surface area contributed by atoms with Gasteiger partial charge in [-0.2, -0.15) is 0 Å². The predicted octanol–water partition coefficient (Wildman–Crippen LogP) is 1.73. The molecule has 2 rings (SSSR count). The van der Waals surface area contributed by atoms with E-state index in [0.717, 1.165) is 11.1 Å². The minimum Gasteiger partial charge on any atom is -0.504 e. The molecule has 0 unspecified atom stereocenters. The number of amides is 1. The molecular weight excluding hydrogens is 244 g/mol. The number of hydrogen-bond acceptors (Lipinski definition) is 4. The van der Waals surface area contributed by atoms with E-state index in [1.807, 2.05) is 13.0 Å². The third kappa shape index (κ3) is 3.01. The third-order valence-corrected chi connectivity index (χ3v) is 2.81. The van der Waals surface area contributed by atoms with Crippen molar-refractivity contribution >= 4 is 5.91 Å². The zero-order valence-corrected chi connectivity index (χ0v) is 10.4. The van der Waals surface area contributed by atoms with E-state index in [-0.39, 0.29) is 17.4 Å². The predicted molar refractivity (Wildman–Crippen MR) is 69.9 cm³/mol. The Labute approximate surface area is 110 Å². The first-order valence-corrected chi connectivity index (χ1v) is 5.77. The van der Waals surface area contributed by atoms with E-state index < -0.39 is 0 Å². The zero-order chi connectivity index (χ0) is 13.8. The molecule has 1 aromatic carbocycles. The van der Waals surface area contributed by atoms with Crippen molar-refractivity contribution in [3.63, 3.8) is 0 Å². The molecule has 0 radical (unpaired) electrons. The van der Waals surface area contributed by atoms with Crippen LogP contribution in [0.15, 0.2) is 36.7 Å². The third-order valence-electron chi connectivity index (χ3n) is 2.81. The molecule has 0 atom stereocenters. The lowest BCUT2D eigenvalue weighted by Gasteiger charge is -2.08.